The second-order valence-corrected chi connectivity index (χ2v) is 10.5. The van der Waals surface area contributed by atoms with E-state index in [1.807, 2.05) is 18.2 Å². The molecule has 10 heteroatoms. The first-order chi connectivity index (χ1) is 15.9. The van der Waals surface area contributed by atoms with Gasteiger partial charge in [-0.2, -0.15) is 18.2 Å². The van der Waals surface area contributed by atoms with Crippen molar-refractivity contribution < 1.29 is 17.5 Å². The molecule has 1 saturated heterocycles. The Hall–Kier alpha value is -2.14. The topological polar surface area (TPSA) is 96.5 Å². The quantitative estimate of drug-likeness (QED) is 0.607. The van der Waals surface area contributed by atoms with Crippen LogP contribution in [0, 0.1) is 11.7 Å². The summed E-state index contributed by atoms with van der Waals surface area (Å²) in [6, 6.07) is 10.4. The zero-order valence-corrected chi connectivity index (χ0v) is 19.7. The van der Waals surface area contributed by atoms with Crippen molar-refractivity contribution in [1.82, 2.24) is 19.6 Å². The van der Waals surface area contributed by atoms with Crippen LogP contribution < -0.4 is 14.3 Å². The summed E-state index contributed by atoms with van der Waals surface area (Å²) in [6.07, 6.45) is 6.16. The number of piperidine rings is 1. The highest BCUT2D eigenvalue weighted by molar-refractivity contribution is 7.87. The van der Waals surface area contributed by atoms with Crippen molar-refractivity contribution in [3.8, 4) is 0 Å². The predicted molar refractivity (Wildman–Crippen MR) is 125 cm³/mol. The maximum absolute atomic E-state index is 13.6. The molecule has 1 aliphatic heterocycles. The fourth-order valence-electron chi connectivity index (χ4n) is 4.87. The minimum Gasteiger partial charge on any atom is -0.378 e. The van der Waals surface area contributed by atoms with Crippen LogP contribution in [0.25, 0.3) is 0 Å². The molecule has 0 bridgehead atoms. The molecule has 1 aromatic heterocycles. The van der Waals surface area contributed by atoms with E-state index in [4.69, 9.17) is 4.74 Å². The van der Waals surface area contributed by atoms with Crippen LogP contribution in [0.5, 0.6) is 0 Å². The number of nitrogens with zero attached hydrogens (tertiary/aromatic N) is 3. The van der Waals surface area contributed by atoms with Gasteiger partial charge in [0.1, 0.15) is 5.82 Å². The lowest BCUT2D eigenvalue weighted by Gasteiger charge is -2.40. The van der Waals surface area contributed by atoms with Crippen LogP contribution >= 0.6 is 0 Å². The highest BCUT2D eigenvalue weighted by Gasteiger charge is 2.34. The molecule has 0 spiro atoms. The molecule has 2 heterocycles. The maximum atomic E-state index is 13.6. The average molecular weight is 478 g/mol. The van der Waals surface area contributed by atoms with Crippen LogP contribution in [-0.4, -0.2) is 57.5 Å². The molecule has 2 N–H and O–H groups in total. The monoisotopic (exact) mass is 477 g/mol. The Morgan fingerprint density at radius 3 is 2.67 bits per heavy atom. The van der Waals surface area contributed by atoms with Gasteiger partial charge in [-0.1, -0.05) is 12.1 Å². The zero-order valence-electron chi connectivity index (χ0n) is 18.9. The van der Waals surface area contributed by atoms with Crippen molar-refractivity contribution in [3.63, 3.8) is 0 Å². The zero-order chi connectivity index (χ0) is 23.3. The molecule has 0 unspecified atom stereocenters. The first-order valence-electron chi connectivity index (χ1n) is 11.5. The Labute approximate surface area is 195 Å². The molecule has 1 saturated carbocycles. The van der Waals surface area contributed by atoms with Crippen LogP contribution in [-0.2, 0) is 14.9 Å². The van der Waals surface area contributed by atoms with E-state index < -0.39 is 10.2 Å². The number of halogens is 1. The fourth-order valence-corrected chi connectivity index (χ4v) is 5.69. The normalized spacial score (nSPS) is 26.3. The lowest BCUT2D eigenvalue weighted by Crippen LogP contribution is -2.54. The van der Waals surface area contributed by atoms with Gasteiger partial charge >= 0.3 is 0 Å². The first-order valence-corrected chi connectivity index (χ1v) is 13.0. The number of anilines is 1. The Morgan fingerprint density at radius 2 is 1.97 bits per heavy atom. The van der Waals surface area contributed by atoms with Gasteiger partial charge in [-0.3, -0.25) is 0 Å². The molecule has 2 fully saturated rings. The molecular weight excluding hydrogens is 445 g/mol. The molecule has 0 radical (unpaired) electrons. The predicted octanol–water partition coefficient (Wildman–Crippen LogP) is 2.61. The van der Waals surface area contributed by atoms with Gasteiger partial charge < -0.3 is 9.64 Å². The summed E-state index contributed by atoms with van der Waals surface area (Å²) in [5, 5.41) is 8.17. The summed E-state index contributed by atoms with van der Waals surface area (Å²) in [5.41, 5.74) is 1.06. The van der Waals surface area contributed by atoms with E-state index in [0.29, 0.717) is 32.0 Å². The van der Waals surface area contributed by atoms with Crippen molar-refractivity contribution in [1.29, 1.82) is 0 Å². The SMILES string of the molecule is CNS(=O)(=O)N[C@H]1CCN(c2cccnn2)C[C@H]1COC1CCC(c2cccc(F)c2)CC1. The van der Waals surface area contributed by atoms with Crippen LogP contribution in [0.1, 0.15) is 43.6 Å². The van der Waals surface area contributed by atoms with E-state index in [9.17, 15) is 12.8 Å². The summed E-state index contributed by atoms with van der Waals surface area (Å²) < 4.78 is 49.3. The fraction of sp³-hybridized carbons (Fsp3) is 0.565. The molecule has 1 aromatic carbocycles. The van der Waals surface area contributed by atoms with Gasteiger partial charge in [-0.15, -0.1) is 5.10 Å². The molecule has 180 valence electrons. The first kappa shape index (κ1) is 24.0. The van der Waals surface area contributed by atoms with Gasteiger partial charge in [0.25, 0.3) is 10.2 Å². The van der Waals surface area contributed by atoms with Gasteiger partial charge in [0.05, 0.1) is 12.7 Å². The smallest absolute Gasteiger partial charge is 0.276 e. The molecule has 2 atom stereocenters. The lowest BCUT2D eigenvalue weighted by molar-refractivity contribution is -0.00218. The van der Waals surface area contributed by atoms with E-state index >= 15 is 0 Å². The largest absolute Gasteiger partial charge is 0.378 e. The second-order valence-electron chi connectivity index (χ2n) is 8.87. The third-order valence-corrected chi connectivity index (χ3v) is 7.88. The van der Waals surface area contributed by atoms with Gasteiger partial charge in [0, 0.05) is 38.3 Å². The maximum Gasteiger partial charge on any atom is 0.276 e. The molecule has 2 aromatic rings. The van der Waals surface area contributed by atoms with Gasteiger partial charge in [0.2, 0.25) is 0 Å². The van der Waals surface area contributed by atoms with E-state index in [2.05, 4.69) is 24.5 Å². The van der Waals surface area contributed by atoms with Crippen molar-refractivity contribution in [2.45, 2.75) is 50.2 Å². The molecule has 4 rings (SSSR count). The molecule has 0 amide bonds. The number of ether oxygens (including phenoxy) is 1. The summed E-state index contributed by atoms with van der Waals surface area (Å²) in [6.45, 7) is 1.78. The number of hydrogen-bond acceptors (Lipinski definition) is 6. The van der Waals surface area contributed by atoms with Crippen molar-refractivity contribution in [3.05, 3.63) is 54.0 Å². The van der Waals surface area contributed by atoms with Crippen LogP contribution in [0.2, 0.25) is 0 Å². The van der Waals surface area contributed by atoms with Crippen molar-refractivity contribution in [2.24, 2.45) is 5.92 Å². The highest BCUT2D eigenvalue weighted by atomic mass is 32.2. The van der Waals surface area contributed by atoms with Crippen LogP contribution in [0.15, 0.2) is 42.6 Å². The standard InChI is InChI=1S/C23H32FN5O3S/c1-25-33(30,31)28-22-11-13-29(23-6-3-12-26-27-23)15-19(22)16-32-21-9-7-17(8-10-21)18-4-2-5-20(24)14-18/h2-6,12,14,17,19,21-22,25,28H,7-11,13,15-16H2,1H3/t17?,19-,21?,22-/m0/s1. The number of hydrogen-bond donors (Lipinski definition) is 2. The summed E-state index contributed by atoms with van der Waals surface area (Å²) in [7, 11) is -2.15. The number of rotatable bonds is 8. The number of benzene rings is 1. The highest BCUT2D eigenvalue weighted by Crippen LogP contribution is 2.34. The summed E-state index contributed by atoms with van der Waals surface area (Å²) in [4.78, 5) is 2.13. The second kappa shape index (κ2) is 10.9. The summed E-state index contributed by atoms with van der Waals surface area (Å²) in [5.74, 6) is 0.932. The number of nitrogens with one attached hydrogen (secondary N) is 2. The van der Waals surface area contributed by atoms with Gasteiger partial charge in [0.15, 0.2) is 5.82 Å². The van der Waals surface area contributed by atoms with Crippen LogP contribution in [0.3, 0.4) is 0 Å². The molecular formula is C23H32FN5O3S. The Morgan fingerprint density at radius 1 is 1.15 bits per heavy atom. The third-order valence-electron chi connectivity index (χ3n) is 6.73. The summed E-state index contributed by atoms with van der Waals surface area (Å²) >= 11 is 0. The van der Waals surface area contributed by atoms with Crippen molar-refractivity contribution >= 4 is 16.0 Å². The minimum absolute atomic E-state index is 0.0233. The Bertz CT molecular complexity index is 1000. The molecule has 1 aliphatic carbocycles. The molecule has 33 heavy (non-hydrogen) atoms. The Balaban J connectivity index is 1.35. The van der Waals surface area contributed by atoms with E-state index in [1.54, 1.807) is 18.3 Å². The molecule has 2 aliphatic rings. The minimum atomic E-state index is -3.55. The van der Waals surface area contributed by atoms with E-state index in [-0.39, 0.29) is 23.9 Å². The van der Waals surface area contributed by atoms with Gasteiger partial charge in [-0.25, -0.2) is 9.11 Å². The van der Waals surface area contributed by atoms with E-state index in [1.165, 1.54) is 13.1 Å². The van der Waals surface area contributed by atoms with Gasteiger partial charge in [-0.05, 0) is 67.9 Å². The third kappa shape index (κ3) is 6.47. The lowest BCUT2D eigenvalue weighted by atomic mass is 9.82. The van der Waals surface area contributed by atoms with E-state index in [0.717, 1.165) is 37.1 Å². The Kier molecular flexibility index (Phi) is 7.90. The van der Waals surface area contributed by atoms with Crippen molar-refractivity contribution in [2.75, 3.05) is 31.6 Å². The van der Waals surface area contributed by atoms with Crippen LogP contribution in [0.4, 0.5) is 10.2 Å². The number of aromatic nitrogens is 2. The molecule has 8 nitrogen and oxygen atoms in total. The average Bonchev–Trinajstić information content (AvgIpc) is 2.84.